The molecular formula is C26H34N6OS. The van der Waals surface area contributed by atoms with Crippen molar-refractivity contribution in [2.24, 2.45) is 0 Å². The van der Waals surface area contributed by atoms with E-state index in [1.807, 2.05) is 24.2 Å². The summed E-state index contributed by atoms with van der Waals surface area (Å²) in [5.41, 5.74) is 2.63. The third kappa shape index (κ3) is 6.24. The Kier molecular flexibility index (Phi) is 8.24. The third-order valence-electron chi connectivity index (χ3n) is 6.78. The van der Waals surface area contributed by atoms with Crippen molar-refractivity contribution in [3.8, 4) is 0 Å². The number of aromatic nitrogens is 4. The molecule has 7 nitrogen and oxygen atoms in total. The van der Waals surface area contributed by atoms with Crippen molar-refractivity contribution >= 4 is 11.8 Å². The lowest BCUT2D eigenvalue weighted by atomic mass is 9.95. The molecule has 2 aromatic heterocycles. The number of nitrogens with zero attached hydrogens (tertiary/aromatic N) is 6. The number of piperidine rings is 1. The smallest absolute Gasteiger partial charge is 0.191 e. The summed E-state index contributed by atoms with van der Waals surface area (Å²) in [6.45, 7) is 8.82. The molecule has 0 bridgehead atoms. The minimum atomic E-state index is 0.457. The summed E-state index contributed by atoms with van der Waals surface area (Å²) < 4.78 is 7.86. The lowest BCUT2D eigenvalue weighted by Crippen LogP contribution is -2.37. The van der Waals surface area contributed by atoms with Gasteiger partial charge in [0.2, 0.25) is 0 Å². The molecule has 0 unspecified atom stereocenters. The van der Waals surface area contributed by atoms with E-state index in [0.29, 0.717) is 5.92 Å². The molecule has 0 amide bonds. The Balaban J connectivity index is 1.24. The van der Waals surface area contributed by atoms with Gasteiger partial charge in [0, 0.05) is 50.2 Å². The number of benzene rings is 1. The van der Waals surface area contributed by atoms with Gasteiger partial charge in [0.25, 0.3) is 0 Å². The number of ether oxygens (including phenoxy) is 1. The quantitative estimate of drug-likeness (QED) is 0.436. The second-order valence-corrected chi connectivity index (χ2v) is 10.2. The van der Waals surface area contributed by atoms with Gasteiger partial charge in [-0.05, 0) is 49.2 Å². The van der Waals surface area contributed by atoms with Crippen molar-refractivity contribution < 1.29 is 4.74 Å². The molecule has 2 fully saturated rings. The first-order valence-corrected chi connectivity index (χ1v) is 13.3. The number of likely N-dealkylation sites (tertiary alicyclic amines) is 1. The number of hydrogen-bond acceptors (Lipinski definition) is 7. The topological polar surface area (TPSA) is 59.3 Å². The van der Waals surface area contributed by atoms with Crippen LogP contribution in [0.25, 0.3) is 0 Å². The van der Waals surface area contributed by atoms with Crippen LogP contribution in [0.4, 0.5) is 0 Å². The zero-order chi connectivity index (χ0) is 23.0. The van der Waals surface area contributed by atoms with Crippen molar-refractivity contribution in [1.82, 2.24) is 29.5 Å². The van der Waals surface area contributed by atoms with Crippen LogP contribution in [0.15, 0.2) is 60.0 Å². The summed E-state index contributed by atoms with van der Waals surface area (Å²) in [4.78, 5) is 9.16. The highest BCUT2D eigenvalue weighted by Crippen LogP contribution is 2.30. The van der Waals surface area contributed by atoms with E-state index in [1.165, 1.54) is 11.1 Å². The van der Waals surface area contributed by atoms with Gasteiger partial charge in [-0.15, -0.1) is 10.2 Å². The lowest BCUT2D eigenvalue weighted by Gasteiger charge is -2.31. The van der Waals surface area contributed by atoms with Crippen LogP contribution in [-0.2, 0) is 17.8 Å². The van der Waals surface area contributed by atoms with Crippen molar-refractivity contribution in [2.75, 3.05) is 51.7 Å². The van der Waals surface area contributed by atoms with Gasteiger partial charge >= 0.3 is 0 Å². The minimum absolute atomic E-state index is 0.457. The average Bonchev–Trinajstić information content (AvgIpc) is 3.28. The highest BCUT2D eigenvalue weighted by atomic mass is 32.2. The molecule has 34 heavy (non-hydrogen) atoms. The van der Waals surface area contributed by atoms with Crippen molar-refractivity contribution in [1.29, 1.82) is 0 Å². The van der Waals surface area contributed by atoms with Crippen LogP contribution < -0.4 is 0 Å². The molecule has 2 saturated heterocycles. The van der Waals surface area contributed by atoms with E-state index in [-0.39, 0.29) is 0 Å². The number of morpholine rings is 1. The Hall–Kier alpha value is -2.26. The Labute approximate surface area is 206 Å². The number of rotatable bonds is 9. The molecule has 180 valence electrons. The average molecular weight is 479 g/mol. The number of hydrogen-bond donors (Lipinski definition) is 0. The van der Waals surface area contributed by atoms with Gasteiger partial charge in [0.1, 0.15) is 5.82 Å². The summed E-state index contributed by atoms with van der Waals surface area (Å²) in [6, 6.07) is 14.9. The van der Waals surface area contributed by atoms with E-state index in [1.54, 1.807) is 0 Å². The van der Waals surface area contributed by atoms with Crippen LogP contribution in [0.2, 0.25) is 0 Å². The first-order chi connectivity index (χ1) is 16.8. The van der Waals surface area contributed by atoms with Crippen molar-refractivity contribution in [3.63, 3.8) is 0 Å². The SMILES string of the molecule is c1ccc(Cn2c(SCCN3CCOCC3)nnc2C2CCN(Cc3ccncc3)CC2)cc1. The number of pyridine rings is 1. The monoisotopic (exact) mass is 478 g/mol. The summed E-state index contributed by atoms with van der Waals surface area (Å²) in [7, 11) is 0. The van der Waals surface area contributed by atoms with E-state index in [4.69, 9.17) is 9.84 Å². The maximum absolute atomic E-state index is 5.48. The Bertz CT molecular complexity index is 1000. The Morgan fingerprint density at radius 1 is 0.824 bits per heavy atom. The number of thioether (sulfide) groups is 1. The first kappa shape index (κ1) is 23.5. The maximum atomic E-state index is 5.48. The van der Waals surface area contributed by atoms with Crippen molar-refractivity contribution in [2.45, 2.75) is 37.0 Å². The lowest BCUT2D eigenvalue weighted by molar-refractivity contribution is 0.0410. The van der Waals surface area contributed by atoms with Gasteiger partial charge in [-0.25, -0.2) is 0 Å². The molecule has 2 aliphatic rings. The highest BCUT2D eigenvalue weighted by Gasteiger charge is 2.26. The molecule has 1 aromatic carbocycles. The Morgan fingerprint density at radius 3 is 2.32 bits per heavy atom. The van der Waals surface area contributed by atoms with Crippen LogP contribution in [-0.4, -0.2) is 81.2 Å². The zero-order valence-corrected chi connectivity index (χ0v) is 20.6. The van der Waals surface area contributed by atoms with Crippen LogP contribution in [0.5, 0.6) is 0 Å². The molecule has 8 heteroatoms. The fourth-order valence-corrected chi connectivity index (χ4v) is 5.75. The highest BCUT2D eigenvalue weighted by molar-refractivity contribution is 7.99. The predicted octanol–water partition coefficient (Wildman–Crippen LogP) is 3.53. The van der Waals surface area contributed by atoms with Crippen LogP contribution in [0, 0.1) is 0 Å². The third-order valence-corrected chi connectivity index (χ3v) is 7.73. The van der Waals surface area contributed by atoms with E-state index in [2.05, 4.69) is 66.9 Å². The van der Waals surface area contributed by atoms with E-state index < -0.39 is 0 Å². The van der Waals surface area contributed by atoms with Gasteiger partial charge in [0.15, 0.2) is 5.16 Å². The van der Waals surface area contributed by atoms with E-state index in [0.717, 1.165) is 88.6 Å². The molecule has 0 N–H and O–H groups in total. The van der Waals surface area contributed by atoms with Crippen LogP contribution >= 0.6 is 11.8 Å². The second-order valence-electron chi connectivity index (χ2n) is 9.12. The maximum Gasteiger partial charge on any atom is 0.191 e. The molecule has 2 aliphatic heterocycles. The fraction of sp³-hybridized carbons (Fsp3) is 0.500. The van der Waals surface area contributed by atoms with Crippen molar-refractivity contribution in [3.05, 3.63) is 71.8 Å². The molecule has 0 radical (unpaired) electrons. The molecule has 4 heterocycles. The normalized spacial score (nSPS) is 18.4. The molecule has 0 spiro atoms. The van der Waals surface area contributed by atoms with Gasteiger partial charge in [-0.1, -0.05) is 42.1 Å². The molecule has 0 aliphatic carbocycles. The molecule has 0 atom stereocenters. The summed E-state index contributed by atoms with van der Waals surface area (Å²) in [5, 5.41) is 10.5. The largest absolute Gasteiger partial charge is 0.379 e. The standard InChI is InChI=1S/C26H34N6OS/c1-2-4-22(5-3-1)21-32-25(28-29-26(32)34-19-16-30-14-17-33-18-15-30)24-8-12-31(13-9-24)20-23-6-10-27-11-7-23/h1-7,10-11,24H,8-9,12-21H2. The summed E-state index contributed by atoms with van der Waals surface area (Å²) in [5.74, 6) is 2.64. The molecule has 3 aromatic rings. The zero-order valence-electron chi connectivity index (χ0n) is 19.8. The predicted molar refractivity (Wildman–Crippen MR) is 135 cm³/mol. The van der Waals surface area contributed by atoms with Gasteiger partial charge in [-0.3, -0.25) is 14.8 Å². The van der Waals surface area contributed by atoms with Gasteiger partial charge in [0.05, 0.1) is 19.8 Å². The minimum Gasteiger partial charge on any atom is -0.379 e. The van der Waals surface area contributed by atoms with E-state index in [9.17, 15) is 0 Å². The molecule has 0 saturated carbocycles. The summed E-state index contributed by atoms with van der Waals surface area (Å²) in [6.07, 6.45) is 6.01. The van der Waals surface area contributed by atoms with Crippen LogP contribution in [0.3, 0.4) is 0 Å². The summed E-state index contributed by atoms with van der Waals surface area (Å²) >= 11 is 1.84. The second kappa shape index (κ2) is 11.9. The van der Waals surface area contributed by atoms with Gasteiger partial charge < -0.3 is 9.30 Å². The first-order valence-electron chi connectivity index (χ1n) is 12.4. The van der Waals surface area contributed by atoms with Crippen LogP contribution in [0.1, 0.15) is 35.7 Å². The molecule has 5 rings (SSSR count). The van der Waals surface area contributed by atoms with E-state index >= 15 is 0 Å². The van der Waals surface area contributed by atoms with Gasteiger partial charge in [-0.2, -0.15) is 0 Å². The molecular weight excluding hydrogens is 444 g/mol. The fourth-order valence-electron chi connectivity index (χ4n) is 4.81. The Morgan fingerprint density at radius 2 is 1.56 bits per heavy atom.